The number of rotatable bonds is 10. The maximum absolute atomic E-state index is 11.1. The summed E-state index contributed by atoms with van der Waals surface area (Å²) in [7, 11) is 1.40. The van der Waals surface area contributed by atoms with Gasteiger partial charge in [-0.05, 0) is 25.3 Å². The Morgan fingerprint density at radius 1 is 1.38 bits per heavy atom. The Labute approximate surface area is 157 Å². The van der Waals surface area contributed by atoms with Crippen molar-refractivity contribution in [3.8, 4) is 0 Å². The molecule has 1 aliphatic carbocycles. The molecule has 5 heteroatoms. The molecule has 0 aromatic rings. The van der Waals surface area contributed by atoms with Crippen molar-refractivity contribution in [1.82, 2.24) is 0 Å². The van der Waals surface area contributed by atoms with E-state index in [-0.39, 0.29) is 23.9 Å². The number of hydrogen-bond donors (Lipinski definition) is 2. The first-order valence-electron chi connectivity index (χ1n) is 10.0. The van der Waals surface area contributed by atoms with E-state index < -0.39 is 12.2 Å². The number of esters is 1. The van der Waals surface area contributed by atoms with Crippen molar-refractivity contribution in [2.75, 3.05) is 7.11 Å². The fourth-order valence-electron chi connectivity index (χ4n) is 3.95. The first-order chi connectivity index (χ1) is 12.5. The molecule has 0 bridgehead atoms. The molecule has 0 amide bonds. The molecule has 5 nitrogen and oxygen atoms in total. The first-order valence-corrected chi connectivity index (χ1v) is 10.0. The number of carbonyl (C=O) groups is 1. The standard InChI is InChI=1S/C21H34O5/c1-3-4-5-8-15(22)11-12-17-18-13-16(26-20(18)14-19(17)23)9-6-7-10-21(24)25-2/h9,11-12,15,17-20,22-23H,3-8,10,13-14H2,1-2H3/b12-11+,16-9-/t15-,17+,18+,19+,20-/m0/s1. The van der Waals surface area contributed by atoms with Crippen LogP contribution in [0.15, 0.2) is 24.0 Å². The van der Waals surface area contributed by atoms with Gasteiger partial charge < -0.3 is 19.7 Å². The molecule has 2 rings (SSSR count). The topological polar surface area (TPSA) is 76.0 Å². The van der Waals surface area contributed by atoms with Crippen molar-refractivity contribution >= 4 is 5.97 Å². The summed E-state index contributed by atoms with van der Waals surface area (Å²) in [5, 5.41) is 20.4. The summed E-state index contributed by atoms with van der Waals surface area (Å²) in [5.41, 5.74) is 0. The lowest BCUT2D eigenvalue weighted by molar-refractivity contribution is -0.140. The Hall–Kier alpha value is -1.33. The molecule has 2 aliphatic rings. The molecular weight excluding hydrogens is 332 g/mol. The zero-order valence-electron chi connectivity index (χ0n) is 16.1. The molecule has 148 valence electrons. The maximum atomic E-state index is 11.1. The minimum atomic E-state index is -0.427. The Morgan fingerprint density at radius 3 is 2.92 bits per heavy atom. The van der Waals surface area contributed by atoms with Crippen molar-refractivity contribution in [3.05, 3.63) is 24.0 Å². The van der Waals surface area contributed by atoms with Gasteiger partial charge in [0, 0.05) is 31.1 Å². The largest absolute Gasteiger partial charge is 0.495 e. The van der Waals surface area contributed by atoms with Gasteiger partial charge in [0.2, 0.25) is 0 Å². The van der Waals surface area contributed by atoms with Gasteiger partial charge in [-0.1, -0.05) is 38.3 Å². The van der Waals surface area contributed by atoms with E-state index in [9.17, 15) is 15.0 Å². The predicted molar refractivity (Wildman–Crippen MR) is 100 cm³/mol. The molecule has 2 fully saturated rings. The van der Waals surface area contributed by atoms with Crippen LogP contribution in [0.4, 0.5) is 0 Å². The van der Waals surface area contributed by atoms with Crippen molar-refractivity contribution in [2.45, 2.75) is 83.0 Å². The van der Waals surface area contributed by atoms with Crippen molar-refractivity contribution in [3.63, 3.8) is 0 Å². The van der Waals surface area contributed by atoms with Crippen LogP contribution >= 0.6 is 0 Å². The smallest absolute Gasteiger partial charge is 0.305 e. The van der Waals surface area contributed by atoms with Crippen LogP contribution in [0.1, 0.15) is 64.7 Å². The van der Waals surface area contributed by atoms with E-state index in [2.05, 4.69) is 17.7 Å². The van der Waals surface area contributed by atoms with E-state index in [4.69, 9.17) is 4.74 Å². The Bertz CT molecular complexity index is 499. The molecule has 26 heavy (non-hydrogen) atoms. The van der Waals surface area contributed by atoms with Crippen LogP contribution in [-0.2, 0) is 14.3 Å². The van der Waals surface area contributed by atoms with Crippen LogP contribution in [-0.4, -0.2) is 41.6 Å². The SMILES string of the molecule is CCCCC[C@H](O)/C=C/[C@@H]1[C@H]2C/C(=C/CCCC(=O)OC)O[C@H]2C[C@H]1O. The summed E-state index contributed by atoms with van der Waals surface area (Å²) in [5.74, 6) is 1.11. The van der Waals surface area contributed by atoms with E-state index in [1.165, 1.54) is 7.11 Å². The van der Waals surface area contributed by atoms with Crippen molar-refractivity contribution in [2.24, 2.45) is 11.8 Å². The molecule has 0 aromatic carbocycles. The fraction of sp³-hybridized carbons (Fsp3) is 0.762. The molecule has 5 atom stereocenters. The van der Waals surface area contributed by atoms with E-state index in [1.807, 2.05) is 12.2 Å². The summed E-state index contributed by atoms with van der Waals surface area (Å²) in [4.78, 5) is 11.1. The highest BCUT2D eigenvalue weighted by molar-refractivity contribution is 5.69. The second-order valence-electron chi connectivity index (χ2n) is 7.49. The monoisotopic (exact) mass is 366 g/mol. The van der Waals surface area contributed by atoms with Crippen molar-refractivity contribution in [1.29, 1.82) is 0 Å². The molecule has 1 heterocycles. The number of aliphatic hydroxyl groups excluding tert-OH is 2. The molecule has 1 saturated carbocycles. The van der Waals surface area contributed by atoms with Gasteiger partial charge in [-0.15, -0.1) is 0 Å². The molecule has 0 spiro atoms. The van der Waals surface area contributed by atoms with Gasteiger partial charge in [0.1, 0.15) is 6.10 Å². The molecule has 0 unspecified atom stereocenters. The third-order valence-electron chi connectivity index (χ3n) is 5.47. The van der Waals surface area contributed by atoms with Crippen LogP contribution in [0, 0.1) is 11.8 Å². The lowest BCUT2D eigenvalue weighted by Gasteiger charge is -2.16. The van der Waals surface area contributed by atoms with Crippen LogP contribution < -0.4 is 0 Å². The number of hydrogen-bond acceptors (Lipinski definition) is 5. The normalized spacial score (nSPS) is 30.5. The predicted octanol–water partition coefficient (Wildman–Crippen LogP) is 3.50. The van der Waals surface area contributed by atoms with Crippen LogP contribution in [0.3, 0.4) is 0 Å². The zero-order valence-corrected chi connectivity index (χ0v) is 16.1. The molecule has 0 aromatic heterocycles. The number of ether oxygens (including phenoxy) is 2. The summed E-state index contributed by atoms with van der Waals surface area (Å²) < 4.78 is 10.6. The second kappa shape index (κ2) is 10.7. The van der Waals surface area contributed by atoms with E-state index in [0.717, 1.165) is 50.7 Å². The number of fused-ring (bicyclic) bond motifs is 1. The van der Waals surface area contributed by atoms with Gasteiger partial charge in [-0.2, -0.15) is 0 Å². The Kier molecular flexibility index (Phi) is 8.66. The molecular formula is C21H34O5. The van der Waals surface area contributed by atoms with E-state index >= 15 is 0 Å². The van der Waals surface area contributed by atoms with Gasteiger partial charge >= 0.3 is 5.97 Å². The lowest BCUT2D eigenvalue weighted by Crippen LogP contribution is -2.18. The molecule has 0 radical (unpaired) electrons. The highest BCUT2D eigenvalue weighted by Crippen LogP contribution is 2.45. The van der Waals surface area contributed by atoms with Gasteiger partial charge in [0.15, 0.2) is 0 Å². The molecule has 1 saturated heterocycles. The quantitative estimate of drug-likeness (QED) is 0.352. The van der Waals surface area contributed by atoms with Crippen molar-refractivity contribution < 1.29 is 24.5 Å². The number of allylic oxidation sites excluding steroid dienone is 2. The van der Waals surface area contributed by atoms with Crippen LogP contribution in [0.5, 0.6) is 0 Å². The summed E-state index contributed by atoms with van der Waals surface area (Å²) >= 11 is 0. The van der Waals surface area contributed by atoms with E-state index in [0.29, 0.717) is 12.8 Å². The first kappa shape index (κ1) is 21.0. The highest BCUT2D eigenvalue weighted by Gasteiger charge is 2.46. The minimum Gasteiger partial charge on any atom is -0.495 e. The second-order valence-corrected chi connectivity index (χ2v) is 7.49. The Morgan fingerprint density at radius 2 is 2.19 bits per heavy atom. The number of carbonyl (C=O) groups excluding carboxylic acids is 1. The molecule has 1 aliphatic heterocycles. The van der Waals surface area contributed by atoms with Gasteiger partial charge in [0.25, 0.3) is 0 Å². The summed E-state index contributed by atoms with van der Waals surface area (Å²) in [6, 6.07) is 0. The number of aliphatic hydroxyl groups is 2. The van der Waals surface area contributed by atoms with E-state index in [1.54, 1.807) is 0 Å². The summed E-state index contributed by atoms with van der Waals surface area (Å²) in [6.07, 6.45) is 12.7. The maximum Gasteiger partial charge on any atom is 0.305 e. The average molecular weight is 366 g/mol. The highest BCUT2D eigenvalue weighted by atomic mass is 16.5. The zero-order chi connectivity index (χ0) is 18.9. The van der Waals surface area contributed by atoms with Gasteiger partial charge in [-0.25, -0.2) is 0 Å². The number of methoxy groups -OCH3 is 1. The summed E-state index contributed by atoms with van der Waals surface area (Å²) in [6.45, 7) is 2.15. The number of unbranched alkanes of at least 4 members (excludes halogenated alkanes) is 3. The van der Waals surface area contributed by atoms with Gasteiger partial charge in [0.05, 0.1) is 25.1 Å². The van der Waals surface area contributed by atoms with Crippen LogP contribution in [0.2, 0.25) is 0 Å². The van der Waals surface area contributed by atoms with Gasteiger partial charge in [-0.3, -0.25) is 4.79 Å². The third kappa shape index (κ3) is 6.13. The lowest BCUT2D eigenvalue weighted by atomic mass is 9.90. The molecule has 2 N–H and O–H groups in total. The minimum absolute atomic E-state index is 0.0433. The average Bonchev–Trinajstić information content (AvgIpc) is 3.13. The van der Waals surface area contributed by atoms with Crippen LogP contribution in [0.25, 0.3) is 0 Å². The fourth-order valence-corrected chi connectivity index (χ4v) is 3.95. The third-order valence-corrected chi connectivity index (χ3v) is 5.47. The Balaban J connectivity index is 1.81.